The molecule has 0 spiro atoms. The zero-order valence-electron chi connectivity index (χ0n) is 18.9. The van der Waals surface area contributed by atoms with E-state index in [9.17, 15) is 0 Å². The van der Waals surface area contributed by atoms with Gasteiger partial charge in [0.25, 0.3) is 0 Å². The van der Waals surface area contributed by atoms with Crippen molar-refractivity contribution in [1.82, 2.24) is 0 Å². The molecule has 0 atom stereocenters. The molecular formula is C24H32GeN4+2. The van der Waals surface area contributed by atoms with Crippen molar-refractivity contribution in [2.24, 2.45) is 0 Å². The van der Waals surface area contributed by atoms with Crippen molar-refractivity contribution in [2.75, 3.05) is 52.1 Å². The van der Waals surface area contributed by atoms with Crippen LogP contribution < -0.4 is 18.6 Å². The summed E-state index contributed by atoms with van der Waals surface area (Å²) in [7, 11) is 12.8. The van der Waals surface area contributed by atoms with Crippen LogP contribution >= 0.6 is 0 Å². The van der Waals surface area contributed by atoms with E-state index in [-0.39, 0.29) is 0 Å². The number of nitrogens with zero attached hydrogens (tertiary/aromatic N) is 4. The monoisotopic (exact) mass is 450 g/mol. The average Bonchev–Trinajstić information content (AvgIpc) is 3.00. The Morgan fingerprint density at radius 2 is 1.10 bits per heavy atom. The summed E-state index contributed by atoms with van der Waals surface area (Å²) in [6, 6.07) is 14.1. The molecule has 0 saturated carbocycles. The third-order valence-electron chi connectivity index (χ3n) is 6.33. The molecule has 2 aliphatic heterocycles. The molecule has 29 heavy (non-hydrogen) atoms. The van der Waals surface area contributed by atoms with Gasteiger partial charge in [-0.2, -0.15) is 0 Å². The predicted octanol–water partition coefficient (Wildman–Crippen LogP) is 2.11. The SMILES string of the molecule is CN(C)c1ccc2[c](c1)[Ge]([CH3])([CH3])[c]1cc(N(C)C)ccc1C2=C1[N+](C)=CC=[N+]1C. The van der Waals surface area contributed by atoms with Crippen LogP contribution in [0, 0.1) is 0 Å². The third kappa shape index (κ3) is 3.05. The van der Waals surface area contributed by atoms with Gasteiger partial charge >= 0.3 is 178 Å². The van der Waals surface area contributed by atoms with Gasteiger partial charge in [0.05, 0.1) is 0 Å². The molecular weight excluding hydrogens is 417 g/mol. The van der Waals surface area contributed by atoms with Crippen LogP contribution in [-0.2, 0) is 0 Å². The van der Waals surface area contributed by atoms with Gasteiger partial charge in [-0.25, -0.2) is 0 Å². The van der Waals surface area contributed by atoms with Crippen LogP contribution in [0.1, 0.15) is 11.1 Å². The molecule has 4 rings (SSSR count). The van der Waals surface area contributed by atoms with Crippen LogP contribution in [0.15, 0.2) is 42.2 Å². The van der Waals surface area contributed by atoms with Crippen LogP contribution in [0.25, 0.3) is 5.57 Å². The molecule has 0 aliphatic carbocycles. The zero-order chi connectivity index (χ0) is 21.1. The van der Waals surface area contributed by atoms with Gasteiger partial charge in [-0.15, -0.1) is 0 Å². The quantitative estimate of drug-likeness (QED) is 0.515. The predicted molar refractivity (Wildman–Crippen MR) is 129 cm³/mol. The van der Waals surface area contributed by atoms with Gasteiger partial charge in [0.1, 0.15) is 0 Å². The minimum absolute atomic E-state index is 1.25. The number of rotatable bonds is 2. The minimum atomic E-state index is -2.49. The Bertz CT molecular complexity index is 1020. The van der Waals surface area contributed by atoms with Crippen LogP contribution in [-0.4, -0.2) is 77.1 Å². The van der Waals surface area contributed by atoms with E-state index >= 15 is 0 Å². The van der Waals surface area contributed by atoms with E-state index in [1.807, 2.05) is 0 Å². The van der Waals surface area contributed by atoms with Crippen molar-refractivity contribution in [3.05, 3.63) is 53.3 Å². The van der Waals surface area contributed by atoms with E-state index in [0.717, 1.165) is 0 Å². The second kappa shape index (κ2) is 6.87. The normalized spacial score (nSPS) is 16.8. The number of hydrogen-bond acceptors (Lipinski definition) is 2. The molecule has 0 N–H and O–H groups in total. The van der Waals surface area contributed by atoms with E-state index < -0.39 is 13.3 Å². The van der Waals surface area contributed by atoms with Crippen LogP contribution in [0.3, 0.4) is 0 Å². The Hall–Kier alpha value is -2.34. The summed E-state index contributed by atoms with van der Waals surface area (Å²) in [5, 5.41) is 0. The van der Waals surface area contributed by atoms with Gasteiger partial charge in [0.15, 0.2) is 0 Å². The summed E-state index contributed by atoms with van der Waals surface area (Å²) in [5.41, 5.74) is 6.73. The van der Waals surface area contributed by atoms with E-state index in [2.05, 4.69) is 122 Å². The van der Waals surface area contributed by atoms with Gasteiger partial charge in [0.2, 0.25) is 0 Å². The molecule has 0 radical (unpaired) electrons. The molecule has 0 unspecified atom stereocenters. The van der Waals surface area contributed by atoms with Crippen LogP contribution in [0.2, 0.25) is 11.5 Å². The van der Waals surface area contributed by atoms with Gasteiger partial charge in [-0.3, -0.25) is 0 Å². The molecule has 0 bridgehead atoms. The van der Waals surface area contributed by atoms with Crippen molar-refractivity contribution < 1.29 is 9.15 Å². The number of benzene rings is 2. The second-order valence-corrected chi connectivity index (χ2v) is 18.2. The fraction of sp³-hybridized carbons (Fsp3) is 0.333. The van der Waals surface area contributed by atoms with Crippen molar-refractivity contribution in [1.29, 1.82) is 0 Å². The Kier molecular flexibility index (Phi) is 4.73. The molecule has 0 aromatic heterocycles. The van der Waals surface area contributed by atoms with Crippen molar-refractivity contribution in [3.8, 4) is 0 Å². The fourth-order valence-electron chi connectivity index (χ4n) is 4.56. The first-order chi connectivity index (χ1) is 13.6. The van der Waals surface area contributed by atoms with Gasteiger partial charge in [-0.1, -0.05) is 0 Å². The Labute approximate surface area is 177 Å². The molecule has 2 aromatic rings. The van der Waals surface area contributed by atoms with Gasteiger partial charge in [-0.05, 0) is 0 Å². The molecule has 2 aromatic carbocycles. The van der Waals surface area contributed by atoms with Crippen LogP contribution in [0.5, 0.6) is 0 Å². The summed E-state index contributed by atoms with van der Waals surface area (Å²) in [6.45, 7) is 0. The van der Waals surface area contributed by atoms with E-state index in [1.54, 1.807) is 8.79 Å². The maximum atomic E-state index is 2.54. The van der Waals surface area contributed by atoms with Gasteiger partial charge < -0.3 is 0 Å². The summed E-state index contributed by atoms with van der Waals surface area (Å²) in [4.78, 5) is 4.43. The van der Waals surface area contributed by atoms with Crippen LogP contribution in [0.4, 0.5) is 11.4 Å². The Morgan fingerprint density at radius 1 is 0.690 bits per heavy atom. The molecule has 0 amide bonds. The molecule has 0 fully saturated rings. The molecule has 4 nitrogen and oxygen atoms in total. The molecule has 0 saturated heterocycles. The number of hydrogen-bond donors (Lipinski definition) is 0. The summed E-state index contributed by atoms with van der Waals surface area (Å²) in [5.74, 6) is 6.33. The average molecular weight is 449 g/mol. The fourth-order valence-corrected chi connectivity index (χ4v) is 11.0. The second-order valence-electron chi connectivity index (χ2n) is 9.09. The maximum absolute atomic E-state index is 2.54. The topological polar surface area (TPSA) is 12.5 Å². The first-order valence-corrected chi connectivity index (χ1v) is 16.4. The Morgan fingerprint density at radius 3 is 1.48 bits per heavy atom. The summed E-state index contributed by atoms with van der Waals surface area (Å²) >= 11 is -2.49. The summed E-state index contributed by atoms with van der Waals surface area (Å²) in [6.07, 6.45) is 4.29. The standard InChI is InChI=1S/C24H32GeN4/c1-25(2)21-15-17(26(3)4)9-11-19(21)23(24-28(7)13-14-29(24)8)20-12-10-18(27(5)6)16-22(20)25/h9-16H,1-8H3/q+2. The number of fused-ring (bicyclic) bond motifs is 2. The van der Waals surface area contributed by atoms with E-state index in [0.29, 0.717) is 0 Å². The third-order valence-corrected chi connectivity index (χ3v) is 13.7. The first-order valence-electron chi connectivity index (χ1n) is 10.2. The van der Waals surface area contributed by atoms with E-state index in [1.165, 1.54) is 33.9 Å². The molecule has 150 valence electrons. The van der Waals surface area contributed by atoms with Crippen molar-refractivity contribution >= 4 is 51.4 Å². The Balaban J connectivity index is 2.12. The van der Waals surface area contributed by atoms with Crippen molar-refractivity contribution in [3.63, 3.8) is 0 Å². The first kappa shape index (κ1) is 20.0. The number of anilines is 2. The molecule has 2 aliphatic rings. The molecule has 2 heterocycles. The zero-order valence-corrected chi connectivity index (χ0v) is 21.0. The van der Waals surface area contributed by atoms with Gasteiger partial charge in [0, 0.05) is 0 Å². The molecule has 5 heteroatoms. The van der Waals surface area contributed by atoms with Crippen molar-refractivity contribution in [2.45, 2.75) is 11.5 Å². The summed E-state index contributed by atoms with van der Waals surface area (Å²) < 4.78 is 7.62. The van der Waals surface area contributed by atoms with E-state index in [4.69, 9.17) is 0 Å².